The van der Waals surface area contributed by atoms with Gasteiger partial charge in [0.15, 0.2) is 12.4 Å². The molecule has 2 aliphatic rings. The lowest BCUT2D eigenvalue weighted by Crippen LogP contribution is -2.47. The highest BCUT2D eigenvalue weighted by Crippen LogP contribution is 2.35. The normalized spacial score (nSPS) is 18.2. The van der Waals surface area contributed by atoms with Gasteiger partial charge >= 0.3 is 6.33 Å². The number of likely N-dealkylation sites (tertiary alicyclic amines) is 2. The summed E-state index contributed by atoms with van der Waals surface area (Å²) in [4.78, 5) is 50.4. The lowest BCUT2D eigenvalue weighted by atomic mass is 10.0. The monoisotopic (exact) mass is 547 g/mol. The number of rotatable bonds is 6. The van der Waals surface area contributed by atoms with Crippen molar-refractivity contribution in [2.75, 3.05) is 38.6 Å². The van der Waals surface area contributed by atoms with Gasteiger partial charge in [0.05, 0.1) is 10.5 Å². The Morgan fingerprint density at radius 1 is 1.17 bits per heavy atom. The zero-order valence-electron chi connectivity index (χ0n) is 19.5. The molecule has 186 valence electrons. The van der Waals surface area contributed by atoms with E-state index in [1.807, 2.05) is 0 Å². The number of hydrogen-bond donors (Lipinski definition) is 1. The van der Waals surface area contributed by atoms with Gasteiger partial charge in [0.2, 0.25) is 0 Å². The SMILES string of the molecule is CO[n+]1cncc(C(=O)N2CCC[C@@H](Nc3c(C(=O)N4CCCCC4)cc(Br)cc3[N+](=O)[O-])C2)c1. The Morgan fingerprint density at radius 2 is 1.91 bits per heavy atom. The van der Waals surface area contributed by atoms with Crippen molar-refractivity contribution >= 4 is 39.1 Å². The van der Waals surface area contributed by atoms with Crippen molar-refractivity contribution in [3.05, 3.63) is 56.6 Å². The van der Waals surface area contributed by atoms with Gasteiger partial charge in [-0.15, -0.1) is 0 Å². The van der Waals surface area contributed by atoms with Crippen LogP contribution in [0.3, 0.4) is 0 Å². The third kappa shape index (κ3) is 5.69. The summed E-state index contributed by atoms with van der Waals surface area (Å²) in [5, 5.41) is 15.2. The number of piperidine rings is 2. The molecule has 1 aromatic heterocycles. The Morgan fingerprint density at radius 3 is 2.63 bits per heavy atom. The van der Waals surface area contributed by atoms with Crippen LogP contribution in [0, 0.1) is 10.1 Å². The Kier molecular flexibility index (Phi) is 7.79. The van der Waals surface area contributed by atoms with Crippen LogP contribution in [0.5, 0.6) is 0 Å². The third-order valence-electron chi connectivity index (χ3n) is 6.33. The van der Waals surface area contributed by atoms with Crippen LogP contribution in [-0.2, 0) is 0 Å². The molecule has 2 aromatic rings. The van der Waals surface area contributed by atoms with Crippen LogP contribution in [0.1, 0.15) is 52.8 Å². The lowest BCUT2D eigenvalue weighted by molar-refractivity contribution is -0.887. The number of carbonyl (C=O) groups excluding carboxylic acids is 2. The number of halogens is 1. The van der Waals surface area contributed by atoms with E-state index in [0.29, 0.717) is 49.1 Å². The van der Waals surface area contributed by atoms with Crippen molar-refractivity contribution in [3.63, 3.8) is 0 Å². The first kappa shape index (κ1) is 24.8. The van der Waals surface area contributed by atoms with Crippen LogP contribution >= 0.6 is 15.9 Å². The van der Waals surface area contributed by atoms with Gasteiger partial charge in [0.1, 0.15) is 18.4 Å². The van der Waals surface area contributed by atoms with Crippen LogP contribution in [0.4, 0.5) is 11.4 Å². The predicted octanol–water partition coefficient (Wildman–Crippen LogP) is 2.44. The molecule has 0 unspecified atom stereocenters. The molecule has 1 atom stereocenters. The van der Waals surface area contributed by atoms with Gasteiger partial charge in [-0.25, -0.2) is 0 Å². The first-order valence-electron chi connectivity index (χ1n) is 11.6. The molecule has 2 saturated heterocycles. The molecule has 3 heterocycles. The highest BCUT2D eigenvalue weighted by molar-refractivity contribution is 9.10. The largest absolute Gasteiger partial charge is 0.374 e. The molecule has 0 spiro atoms. The van der Waals surface area contributed by atoms with Gasteiger partial charge < -0.3 is 20.0 Å². The van der Waals surface area contributed by atoms with Crippen LogP contribution in [-0.4, -0.2) is 70.9 Å². The van der Waals surface area contributed by atoms with Crippen molar-refractivity contribution < 1.29 is 24.1 Å². The molecule has 2 fully saturated rings. The Bertz CT molecular complexity index is 1120. The summed E-state index contributed by atoms with van der Waals surface area (Å²) in [5.41, 5.74) is 0.679. The van der Waals surface area contributed by atoms with Crippen molar-refractivity contribution in [1.82, 2.24) is 14.8 Å². The maximum absolute atomic E-state index is 13.4. The third-order valence-corrected chi connectivity index (χ3v) is 6.79. The minimum absolute atomic E-state index is 0.170. The summed E-state index contributed by atoms with van der Waals surface area (Å²) < 4.78 is 1.81. The Balaban J connectivity index is 1.59. The van der Waals surface area contributed by atoms with Gasteiger partial charge in [-0.1, -0.05) is 25.6 Å². The second kappa shape index (κ2) is 11.0. The summed E-state index contributed by atoms with van der Waals surface area (Å²) in [6.45, 7) is 2.17. The number of anilines is 1. The van der Waals surface area contributed by atoms with Gasteiger partial charge in [-0.05, 0) is 38.2 Å². The van der Waals surface area contributed by atoms with Crippen LogP contribution in [0.15, 0.2) is 35.3 Å². The molecular formula is C23H28BrN6O5+. The summed E-state index contributed by atoms with van der Waals surface area (Å²) >= 11 is 3.33. The van der Waals surface area contributed by atoms with Gasteiger partial charge in [-0.2, -0.15) is 0 Å². The number of nitrogens with zero attached hydrogens (tertiary/aromatic N) is 5. The van der Waals surface area contributed by atoms with Crippen molar-refractivity contribution in [2.24, 2.45) is 0 Å². The molecular weight excluding hydrogens is 520 g/mol. The topological polar surface area (TPSA) is 122 Å². The summed E-state index contributed by atoms with van der Waals surface area (Å²) in [6, 6.07) is 2.78. The zero-order chi connectivity index (χ0) is 24.9. The smallest absolute Gasteiger partial charge is 0.324 e. The number of nitro groups is 1. The van der Waals surface area contributed by atoms with E-state index >= 15 is 0 Å². The molecule has 12 heteroatoms. The fourth-order valence-electron chi connectivity index (χ4n) is 4.58. The van der Waals surface area contributed by atoms with Crippen LogP contribution in [0.2, 0.25) is 0 Å². The number of nitro benzene ring substituents is 1. The van der Waals surface area contributed by atoms with Crippen LogP contribution in [0.25, 0.3) is 0 Å². The molecule has 2 aliphatic heterocycles. The van der Waals surface area contributed by atoms with Gasteiger partial charge in [-0.3, -0.25) is 19.7 Å². The molecule has 0 radical (unpaired) electrons. The molecule has 0 saturated carbocycles. The van der Waals surface area contributed by atoms with E-state index in [-0.39, 0.29) is 34.8 Å². The molecule has 4 rings (SSSR count). The highest BCUT2D eigenvalue weighted by atomic mass is 79.9. The molecule has 2 amide bonds. The van der Waals surface area contributed by atoms with E-state index in [9.17, 15) is 19.7 Å². The number of amides is 2. The average molecular weight is 548 g/mol. The lowest BCUT2D eigenvalue weighted by Gasteiger charge is -2.34. The standard InChI is InChI=1S/C23H27BrN6O5/c1-35-29-13-16(12-25-15-29)22(31)28-9-5-6-18(14-28)26-21-19(10-17(24)11-20(21)30(33)34)23(32)27-7-3-2-4-8-27/h10-13,15,18H,2-9,14H2,1H3/p+1/t18-/m1/s1. The van der Waals surface area contributed by atoms with Crippen molar-refractivity contribution in [2.45, 2.75) is 38.1 Å². The van der Waals surface area contributed by atoms with E-state index in [4.69, 9.17) is 4.84 Å². The first-order chi connectivity index (χ1) is 16.9. The minimum atomic E-state index is -0.481. The zero-order valence-corrected chi connectivity index (χ0v) is 21.1. The maximum atomic E-state index is 13.4. The van der Waals surface area contributed by atoms with E-state index in [0.717, 1.165) is 19.3 Å². The molecule has 0 aliphatic carbocycles. The quantitative estimate of drug-likeness (QED) is 0.334. The minimum Gasteiger partial charge on any atom is -0.374 e. The average Bonchev–Trinajstić information content (AvgIpc) is 2.89. The van der Waals surface area contributed by atoms with E-state index < -0.39 is 4.92 Å². The summed E-state index contributed by atoms with van der Waals surface area (Å²) in [5.74, 6) is -0.426. The second-order valence-electron chi connectivity index (χ2n) is 8.71. The second-order valence-corrected chi connectivity index (χ2v) is 9.63. The van der Waals surface area contributed by atoms with Gasteiger partial charge in [0, 0.05) is 42.8 Å². The fourth-order valence-corrected chi connectivity index (χ4v) is 5.03. The molecule has 11 nitrogen and oxygen atoms in total. The van der Waals surface area contributed by atoms with Crippen molar-refractivity contribution in [1.29, 1.82) is 0 Å². The highest BCUT2D eigenvalue weighted by Gasteiger charge is 2.31. The maximum Gasteiger partial charge on any atom is 0.324 e. The van der Waals surface area contributed by atoms with E-state index in [1.165, 1.54) is 30.4 Å². The Hall–Kier alpha value is -3.28. The Labute approximate surface area is 211 Å². The predicted molar refractivity (Wildman–Crippen MR) is 130 cm³/mol. The molecule has 1 N–H and O–H groups in total. The number of hydrogen-bond acceptors (Lipinski definition) is 7. The van der Waals surface area contributed by atoms with E-state index in [1.54, 1.807) is 22.1 Å². The molecule has 0 bridgehead atoms. The summed E-state index contributed by atoms with van der Waals surface area (Å²) in [7, 11) is 1.48. The van der Waals surface area contributed by atoms with Crippen LogP contribution < -0.4 is 14.9 Å². The summed E-state index contributed by atoms with van der Waals surface area (Å²) in [6.07, 6.45) is 8.81. The van der Waals surface area contributed by atoms with E-state index in [2.05, 4.69) is 26.2 Å². The number of aromatic nitrogens is 2. The van der Waals surface area contributed by atoms with Gasteiger partial charge in [0.25, 0.3) is 17.5 Å². The first-order valence-corrected chi connectivity index (χ1v) is 12.4. The fraction of sp³-hybridized carbons (Fsp3) is 0.478. The number of benzene rings is 1. The van der Waals surface area contributed by atoms with Crippen molar-refractivity contribution in [3.8, 4) is 0 Å². The number of nitrogens with one attached hydrogen (secondary N) is 1. The number of carbonyl (C=O) groups is 2. The molecule has 1 aromatic carbocycles. The molecule has 35 heavy (non-hydrogen) atoms.